The van der Waals surface area contributed by atoms with Crippen molar-refractivity contribution in [3.05, 3.63) is 83.9 Å². The molecule has 1 atom stereocenters. The predicted molar refractivity (Wildman–Crippen MR) is 83.5 cm³/mol. The number of benzene rings is 2. The van der Waals surface area contributed by atoms with Gasteiger partial charge in [0.2, 0.25) is 7.28 Å². The Kier molecular flexibility index (Phi) is 4.15. The van der Waals surface area contributed by atoms with Gasteiger partial charge in [-0.05, 0) is 23.3 Å². The van der Waals surface area contributed by atoms with Crippen LogP contribution >= 0.6 is 0 Å². The first kappa shape index (κ1) is 13.6. The maximum Gasteiger partial charge on any atom is 0.202 e. The largest absolute Gasteiger partial charge is 0.357 e. The lowest BCUT2D eigenvalue weighted by Crippen LogP contribution is -2.20. The van der Waals surface area contributed by atoms with Crippen LogP contribution in [-0.2, 0) is 0 Å². The zero-order chi connectivity index (χ0) is 14.5. The van der Waals surface area contributed by atoms with Crippen LogP contribution in [0.2, 0.25) is 6.32 Å². The molecule has 1 radical (unpaired) electrons. The molecule has 0 spiro atoms. The van der Waals surface area contributed by atoms with Crippen molar-refractivity contribution < 1.29 is 4.39 Å². The van der Waals surface area contributed by atoms with Crippen LogP contribution in [-0.4, -0.2) is 17.2 Å². The molecular formula is C17H15BFN2. The molecule has 4 heteroatoms. The predicted octanol–water partition coefficient (Wildman–Crippen LogP) is 3.13. The van der Waals surface area contributed by atoms with Crippen LogP contribution in [0.1, 0.15) is 17.0 Å². The minimum atomic E-state index is -0.208. The van der Waals surface area contributed by atoms with E-state index in [0.717, 1.165) is 17.6 Å². The summed E-state index contributed by atoms with van der Waals surface area (Å²) in [7, 11) is 2.07. The summed E-state index contributed by atoms with van der Waals surface area (Å²) in [4.78, 5) is 7.30. The third kappa shape index (κ3) is 3.40. The molecule has 0 amide bonds. The van der Waals surface area contributed by atoms with Crippen LogP contribution in [0.15, 0.2) is 67.0 Å². The summed E-state index contributed by atoms with van der Waals surface area (Å²) >= 11 is 0. The van der Waals surface area contributed by atoms with Gasteiger partial charge in [0.25, 0.3) is 0 Å². The smallest absolute Gasteiger partial charge is 0.202 e. The number of aromatic nitrogens is 2. The van der Waals surface area contributed by atoms with Gasteiger partial charge in [-0.2, -0.15) is 0 Å². The Morgan fingerprint density at radius 3 is 2.38 bits per heavy atom. The average molecular weight is 277 g/mol. The van der Waals surface area contributed by atoms with E-state index < -0.39 is 0 Å². The van der Waals surface area contributed by atoms with Crippen molar-refractivity contribution in [2.24, 2.45) is 0 Å². The van der Waals surface area contributed by atoms with Crippen molar-refractivity contribution in [2.75, 3.05) is 0 Å². The highest BCUT2D eigenvalue weighted by Gasteiger charge is 2.15. The van der Waals surface area contributed by atoms with Crippen LogP contribution in [0, 0.1) is 5.82 Å². The molecule has 0 saturated carbocycles. The van der Waals surface area contributed by atoms with Gasteiger partial charge in [-0.3, -0.25) is 4.98 Å². The van der Waals surface area contributed by atoms with E-state index in [9.17, 15) is 4.39 Å². The number of hydrogen-bond acceptors (Lipinski definition) is 1. The van der Waals surface area contributed by atoms with E-state index in [1.54, 1.807) is 12.4 Å². The number of hydrogen-bond donors (Lipinski definition) is 1. The fourth-order valence-electron chi connectivity index (χ4n) is 2.46. The van der Waals surface area contributed by atoms with Crippen LogP contribution in [0.4, 0.5) is 4.39 Å². The van der Waals surface area contributed by atoms with Crippen molar-refractivity contribution in [1.82, 2.24) is 9.97 Å². The van der Waals surface area contributed by atoms with Crippen molar-refractivity contribution in [3.8, 4) is 0 Å². The minimum absolute atomic E-state index is 0.192. The van der Waals surface area contributed by atoms with Gasteiger partial charge < -0.3 is 4.98 Å². The second-order valence-corrected chi connectivity index (χ2v) is 4.93. The number of imidazole rings is 1. The topological polar surface area (TPSA) is 28.7 Å². The zero-order valence-corrected chi connectivity index (χ0v) is 11.5. The van der Waals surface area contributed by atoms with E-state index in [1.165, 1.54) is 17.7 Å². The van der Waals surface area contributed by atoms with Gasteiger partial charge in [-0.25, -0.2) is 4.39 Å². The number of H-pyrrole nitrogens is 1. The Morgan fingerprint density at radius 2 is 1.71 bits per heavy atom. The third-order valence-corrected chi connectivity index (χ3v) is 3.54. The quantitative estimate of drug-likeness (QED) is 0.713. The highest BCUT2D eigenvalue weighted by Crippen LogP contribution is 2.28. The van der Waals surface area contributed by atoms with Gasteiger partial charge in [0.1, 0.15) is 5.82 Å². The van der Waals surface area contributed by atoms with Gasteiger partial charge in [-0.15, -0.1) is 0 Å². The Morgan fingerprint density at radius 1 is 1.00 bits per heavy atom. The molecule has 1 N–H and O–H groups in total. The summed E-state index contributed by atoms with van der Waals surface area (Å²) in [6.07, 6.45) is 4.35. The fraction of sp³-hybridized carbons (Fsp3) is 0.118. The molecule has 3 aromatic rings. The van der Waals surface area contributed by atoms with Crippen LogP contribution < -0.4 is 5.72 Å². The summed E-state index contributed by atoms with van der Waals surface area (Å²) < 4.78 is 13.1. The Labute approximate surface area is 124 Å². The molecule has 0 bridgehead atoms. The number of halogens is 1. The summed E-state index contributed by atoms with van der Waals surface area (Å²) in [5.74, 6) is -0.0162. The van der Waals surface area contributed by atoms with Crippen LogP contribution in [0.25, 0.3) is 0 Å². The lowest BCUT2D eigenvalue weighted by Gasteiger charge is -2.17. The molecule has 1 unspecified atom stereocenters. The monoisotopic (exact) mass is 277 g/mol. The van der Waals surface area contributed by atoms with E-state index in [-0.39, 0.29) is 11.7 Å². The number of aromatic amines is 1. The molecule has 2 nitrogen and oxygen atoms in total. The minimum Gasteiger partial charge on any atom is -0.357 e. The lowest BCUT2D eigenvalue weighted by atomic mass is 9.66. The molecule has 0 fully saturated rings. The normalized spacial score (nSPS) is 12.0. The maximum absolute atomic E-state index is 13.1. The Hall–Kier alpha value is -2.36. The van der Waals surface area contributed by atoms with Crippen molar-refractivity contribution in [1.29, 1.82) is 0 Å². The van der Waals surface area contributed by atoms with Crippen LogP contribution in [0.5, 0.6) is 0 Å². The first-order valence-corrected chi connectivity index (χ1v) is 6.96. The standard InChI is InChI=1S/C17H15BFN2/c19-15-8-6-14(7-9-15)16(13-4-2-1-3-5-13)12-18-17-20-10-11-21-17/h1-11,16H,12H2,(H,20,21). The summed E-state index contributed by atoms with van der Waals surface area (Å²) in [5.41, 5.74) is 3.18. The van der Waals surface area contributed by atoms with E-state index in [0.29, 0.717) is 0 Å². The lowest BCUT2D eigenvalue weighted by molar-refractivity contribution is 0.626. The molecular weight excluding hydrogens is 262 g/mol. The van der Waals surface area contributed by atoms with Crippen molar-refractivity contribution in [2.45, 2.75) is 12.2 Å². The van der Waals surface area contributed by atoms with Gasteiger partial charge in [0.15, 0.2) is 0 Å². The molecule has 1 aromatic heterocycles. The summed E-state index contributed by atoms with van der Waals surface area (Å²) in [5, 5.41) is 0. The maximum atomic E-state index is 13.1. The molecule has 0 aliphatic carbocycles. The van der Waals surface area contributed by atoms with Gasteiger partial charge in [-0.1, -0.05) is 48.8 Å². The highest BCUT2D eigenvalue weighted by molar-refractivity contribution is 6.51. The average Bonchev–Trinajstić information content (AvgIpc) is 3.04. The SMILES string of the molecule is Fc1ccc(C(C[B]c2ncc[nH]2)c2ccccc2)cc1. The molecule has 2 aromatic carbocycles. The number of nitrogens with one attached hydrogen (secondary N) is 1. The molecule has 103 valence electrons. The van der Waals surface area contributed by atoms with Crippen molar-refractivity contribution >= 4 is 13.0 Å². The van der Waals surface area contributed by atoms with Gasteiger partial charge in [0, 0.05) is 18.3 Å². The fourth-order valence-corrected chi connectivity index (χ4v) is 2.46. The summed E-state index contributed by atoms with van der Waals surface area (Å²) in [6, 6.07) is 17.0. The van der Waals surface area contributed by atoms with Crippen molar-refractivity contribution in [3.63, 3.8) is 0 Å². The molecule has 21 heavy (non-hydrogen) atoms. The van der Waals surface area contributed by atoms with E-state index >= 15 is 0 Å². The molecule has 0 aliphatic heterocycles. The first-order chi connectivity index (χ1) is 10.3. The molecule has 1 heterocycles. The second-order valence-electron chi connectivity index (χ2n) is 4.93. The molecule has 0 aliphatic rings. The van der Waals surface area contributed by atoms with E-state index in [2.05, 4.69) is 29.4 Å². The van der Waals surface area contributed by atoms with Crippen LogP contribution in [0.3, 0.4) is 0 Å². The number of rotatable bonds is 5. The highest BCUT2D eigenvalue weighted by atomic mass is 19.1. The summed E-state index contributed by atoms with van der Waals surface area (Å²) in [6.45, 7) is 0. The third-order valence-electron chi connectivity index (χ3n) is 3.54. The first-order valence-electron chi connectivity index (χ1n) is 6.96. The molecule has 3 rings (SSSR count). The number of nitrogens with zero attached hydrogens (tertiary/aromatic N) is 1. The Balaban J connectivity index is 1.85. The zero-order valence-electron chi connectivity index (χ0n) is 11.5. The molecule has 0 saturated heterocycles. The van der Waals surface area contributed by atoms with Gasteiger partial charge in [0.05, 0.1) is 5.72 Å². The Bertz CT molecular complexity index is 666. The second kappa shape index (κ2) is 6.40. The van der Waals surface area contributed by atoms with Gasteiger partial charge >= 0.3 is 0 Å². The van der Waals surface area contributed by atoms with E-state index in [1.807, 2.05) is 30.3 Å². The van der Waals surface area contributed by atoms with E-state index in [4.69, 9.17) is 0 Å².